The topological polar surface area (TPSA) is 0 Å². The van der Waals surface area contributed by atoms with E-state index in [4.69, 9.17) is 0 Å². The van der Waals surface area contributed by atoms with Crippen molar-refractivity contribution in [3.8, 4) is 0 Å². The summed E-state index contributed by atoms with van der Waals surface area (Å²) in [5, 5.41) is 0. The summed E-state index contributed by atoms with van der Waals surface area (Å²) in [6.07, 6.45) is 15.5. The van der Waals surface area contributed by atoms with Gasteiger partial charge in [0.2, 0.25) is 0 Å². The van der Waals surface area contributed by atoms with Crippen LogP contribution in [0, 0.1) is 21.7 Å². The second-order valence-electron chi connectivity index (χ2n) is 20.9. The third kappa shape index (κ3) is 12.8. The van der Waals surface area contributed by atoms with Gasteiger partial charge in [-0.25, -0.2) is 0 Å². The first kappa shape index (κ1) is 52.7. The predicted octanol–water partition coefficient (Wildman–Crippen LogP) is 9.35. The Morgan fingerprint density at radius 1 is 0.389 bits per heavy atom. The van der Waals surface area contributed by atoms with Crippen molar-refractivity contribution in [2.45, 2.75) is 188 Å². The van der Waals surface area contributed by atoms with E-state index in [0.717, 1.165) is 0 Å². The third-order valence-corrected chi connectivity index (χ3v) is 82.6. The van der Waals surface area contributed by atoms with E-state index in [0.29, 0.717) is 21.7 Å². The summed E-state index contributed by atoms with van der Waals surface area (Å²) < 4.78 is 7.94. The Morgan fingerprint density at radius 3 is 0.667 bits per heavy atom. The molecule has 0 N–H and O–H groups in total. The van der Waals surface area contributed by atoms with Gasteiger partial charge in [0.25, 0.3) is 0 Å². The fourth-order valence-corrected chi connectivity index (χ4v) is 78.5. The van der Waals surface area contributed by atoms with E-state index in [2.05, 4.69) is 163 Å². The van der Waals surface area contributed by atoms with E-state index >= 15 is 0 Å². The van der Waals surface area contributed by atoms with Crippen molar-refractivity contribution in [2.75, 3.05) is 0 Å². The Balaban J connectivity index is 0.000000521. The Kier molecular flexibility index (Phi) is 20.3. The molecule has 0 bridgehead atoms. The van der Waals surface area contributed by atoms with Crippen molar-refractivity contribution < 1.29 is 66.0 Å². The molecular formula is C48H82Cl2Hf2Si2. The maximum atomic E-state index is 2.57. The Labute approximate surface area is 366 Å². The van der Waals surface area contributed by atoms with Crippen molar-refractivity contribution in [1.82, 2.24) is 0 Å². The van der Waals surface area contributed by atoms with E-state index in [1.807, 2.05) is 13.3 Å². The van der Waals surface area contributed by atoms with Gasteiger partial charge in [0.15, 0.2) is 0 Å². The first-order valence-electron chi connectivity index (χ1n) is 21.2. The van der Waals surface area contributed by atoms with E-state index in [1.165, 1.54) is 49.9 Å². The summed E-state index contributed by atoms with van der Waals surface area (Å²) in [6.45, 7) is 48.5. The molecule has 0 aliphatic heterocycles. The molecule has 4 rings (SSSR count). The monoisotopic (exact) mass is 1140 g/mol. The summed E-state index contributed by atoms with van der Waals surface area (Å²) in [5.74, 6) is -1.24. The third-order valence-electron chi connectivity index (χ3n) is 12.9. The molecule has 0 nitrogen and oxygen atoms in total. The van der Waals surface area contributed by atoms with Crippen LogP contribution in [0.2, 0.25) is 24.2 Å². The van der Waals surface area contributed by atoms with Crippen LogP contribution in [-0.2, 0) is 41.2 Å². The number of allylic oxidation sites excluding steroid dienone is 16. The molecule has 0 heterocycles. The van der Waals surface area contributed by atoms with E-state index < -0.39 is 53.2 Å². The smallest absolute Gasteiger partial charge is 1.00 e. The molecule has 4 aliphatic rings. The zero-order valence-corrected chi connectivity index (χ0v) is 49.9. The summed E-state index contributed by atoms with van der Waals surface area (Å²) in [5.41, 5.74) is 14.7. The van der Waals surface area contributed by atoms with Crippen molar-refractivity contribution >= 4 is 12.0 Å². The quantitative estimate of drug-likeness (QED) is 0.192. The number of rotatable bonds is 10. The molecule has 54 heavy (non-hydrogen) atoms. The SMILES string of the molecule is CC[SiH](CC)[Hf+]([C]1=C(C)C=C(C(C)(C)C)C1)[C]1=C(C)C=C(C(C)(C)C)C1.CC[SiH](CC)[Hf+]([C]1=C(C)C=C(C(C)(C)C)C1)[C]1=C(C)C=C(C(C)(C)C)C1.[Cl-].[Cl-]. The molecule has 0 saturated carbocycles. The van der Waals surface area contributed by atoms with Gasteiger partial charge >= 0.3 is 345 Å². The van der Waals surface area contributed by atoms with Crippen molar-refractivity contribution in [3.05, 3.63) is 82.2 Å². The first-order chi connectivity index (χ1) is 23.8. The van der Waals surface area contributed by atoms with Gasteiger partial charge in [0, 0.05) is 0 Å². The van der Waals surface area contributed by atoms with Gasteiger partial charge in [0.05, 0.1) is 0 Å². The largest absolute Gasteiger partial charge is 1.00 e. The van der Waals surface area contributed by atoms with Crippen molar-refractivity contribution in [1.29, 1.82) is 0 Å². The maximum absolute atomic E-state index is 2.57. The molecule has 0 atom stereocenters. The van der Waals surface area contributed by atoms with Gasteiger partial charge in [-0.1, -0.05) is 0 Å². The molecule has 4 aliphatic carbocycles. The van der Waals surface area contributed by atoms with Crippen LogP contribution in [0.5, 0.6) is 0 Å². The zero-order valence-electron chi connectivity index (χ0n) is 38.9. The zero-order chi connectivity index (χ0) is 39.7. The van der Waals surface area contributed by atoms with Crippen molar-refractivity contribution in [3.63, 3.8) is 0 Å². The summed E-state index contributed by atoms with van der Waals surface area (Å²) in [7, 11) is 0. The van der Waals surface area contributed by atoms with Crippen LogP contribution in [-0.4, -0.2) is 12.0 Å². The molecule has 0 aromatic heterocycles. The number of hydrogen-bond acceptors (Lipinski definition) is 0. The van der Waals surface area contributed by atoms with Crippen LogP contribution in [0.15, 0.2) is 82.2 Å². The Bertz CT molecular complexity index is 1360. The molecule has 0 amide bonds. The number of hydrogen-bond donors (Lipinski definition) is 0. The molecule has 0 fully saturated rings. The van der Waals surface area contributed by atoms with Gasteiger partial charge in [-0.2, -0.15) is 0 Å². The molecule has 0 aromatic carbocycles. The van der Waals surface area contributed by atoms with E-state index in [-0.39, 0.29) is 24.8 Å². The fraction of sp³-hybridized carbons (Fsp3) is 0.667. The van der Waals surface area contributed by atoms with Crippen LogP contribution in [0.1, 0.15) is 164 Å². The maximum Gasteiger partial charge on any atom is -1.00 e. The average molecular weight is 1140 g/mol. The Hall–Kier alpha value is 0.674. The molecule has 6 heteroatoms. The normalized spacial score (nSPS) is 18.2. The van der Waals surface area contributed by atoms with Gasteiger partial charge < -0.3 is 24.8 Å². The summed E-state index contributed by atoms with van der Waals surface area (Å²) in [4.78, 5) is 0. The van der Waals surface area contributed by atoms with Gasteiger partial charge in [-0.05, 0) is 0 Å². The average Bonchev–Trinajstić information content (AvgIpc) is 3.80. The predicted molar refractivity (Wildman–Crippen MR) is 236 cm³/mol. The van der Waals surface area contributed by atoms with Gasteiger partial charge in [-0.15, -0.1) is 0 Å². The molecule has 0 saturated heterocycles. The molecule has 304 valence electrons. The van der Waals surface area contributed by atoms with Crippen LogP contribution in [0.25, 0.3) is 0 Å². The van der Waals surface area contributed by atoms with E-state index in [1.54, 1.807) is 44.6 Å². The second kappa shape index (κ2) is 20.8. The molecule has 0 radical (unpaired) electrons. The molecular weight excluding hydrogens is 1060 g/mol. The minimum absolute atomic E-state index is 0. The van der Waals surface area contributed by atoms with Crippen LogP contribution < -0.4 is 24.8 Å². The minimum Gasteiger partial charge on any atom is -1.00 e. The van der Waals surface area contributed by atoms with Crippen molar-refractivity contribution in [2.24, 2.45) is 21.7 Å². The van der Waals surface area contributed by atoms with Gasteiger partial charge in [-0.3, -0.25) is 0 Å². The van der Waals surface area contributed by atoms with Crippen LogP contribution in [0.3, 0.4) is 0 Å². The number of halogens is 2. The van der Waals surface area contributed by atoms with Gasteiger partial charge in [0.1, 0.15) is 0 Å². The van der Waals surface area contributed by atoms with E-state index in [9.17, 15) is 0 Å². The van der Waals surface area contributed by atoms with Crippen LogP contribution in [0.4, 0.5) is 0 Å². The molecule has 0 aromatic rings. The fourth-order valence-electron chi connectivity index (χ4n) is 8.82. The molecule has 0 unspecified atom stereocenters. The summed E-state index contributed by atoms with van der Waals surface area (Å²) >= 11 is -3.87. The van der Waals surface area contributed by atoms with Crippen LogP contribution >= 0.6 is 0 Å². The summed E-state index contributed by atoms with van der Waals surface area (Å²) in [6, 6.07) is 6.01. The molecule has 0 spiro atoms. The first-order valence-corrected chi connectivity index (χ1v) is 45.2. The minimum atomic E-state index is -1.93. The second-order valence-corrected chi connectivity index (χ2v) is 68.6. The standard InChI is InChI=1S/4C10H15.2C4H11Si.2ClH.2Hf/c4*1-8-5-6-9(7-8)10(2,3)4;2*1-3-5-4-2;;;;/h4*7H,6H2,1-4H3;2*5H,3-4H2,1-2H3;2*1H;;/q;;;;;;;;2*+1/p-2. The Morgan fingerprint density at radius 2 is 0.556 bits per heavy atom.